The van der Waals surface area contributed by atoms with Gasteiger partial charge in [0.25, 0.3) is 0 Å². The van der Waals surface area contributed by atoms with E-state index in [0.29, 0.717) is 15.6 Å². The molecule has 1 unspecified atom stereocenters. The van der Waals surface area contributed by atoms with E-state index in [0.717, 1.165) is 23.9 Å². The molecule has 0 aliphatic heterocycles. The highest BCUT2D eigenvalue weighted by Crippen LogP contribution is 2.26. The van der Waals surface area contributed by atoms with Crippen molar-refractivity contribution < 1.29 is 19.2 Å². The van der Waals surface area contributed by atoms with E-state index in [1.165, 1.54) is 6.07 Å². The average Bonchev–Trinajstić information content (AvgIpc) is 2.62. The SMILES string of the molecule is COC(=O)c1cc([N+](=O)[O-])c(=O)n(CC(=O)NC(C)c2ccc(Cl)cc2Cl)c1. The fourth-order valence-corrected chi connectivity index (χ4v) is 3.04. The van der Waals surface area contributed by atoms with Gasteiger partial charge in [0, 0.05) is 22.3 Å². The van der Waals surface area contributed by atoms with Crippen LogP contribution in [0.1, 0.15) is 28.9 Å². The minimum Gasteiger partial charge on any atom is -0.465 e. The normalized spacial score (nSPS) is 11.6. The van der Waals surface area contributed by atoms with Crippen LogP contribution in [0.25, 0.3) is 0 Å². The molecule has 1 heterocycles. The number of carbonyl (C=O) groups excluding carboxylic acids is 2. The smallest absolute Gasteiger partial charge is 0.339 e. The summed E-state index contributed by atoms with van der Waals surface area (Å²) >= 11 is 11.9. The van der Waals surface area contributed by atoms with Crippen LogP contribution >= 0.6 is 23.2 Å². The van der Waals surface area contributed by atoms with Gasteiger partial charge in [0.05, 0.1) is 23.6 Å². The van der Waals surface area contributed by atoms with Crippen molar-refractivity contribution in [1.29, 1.82) is 0 Å². The molecule has 0 aliphatic carbocycles. The Morgan fingerprint density at radius 2 is 2.00 bits per heavy atom. The Labute approximate surface area is 169 Å². The van der Waals surface area contributed by atoms with Gasteiger partial charge in [-0.15, -0.1) is 0 Å². The van der Waals surface area contributed by atoms with Crippen molar-refractivity contribution in [2.75, 3.05) is 7.11 Å². The van der Waals surface area contributed by atoms with Gasteiger partial charge in [-0.25, -0.2) is 4.79 Å². The maximum atomic E-state index is 12.3. The van der Waals surface area contributed by atoms with E-state index >= 15 is 0 Å². The number of hydrogen-bond donors (Lipinski definition) is 1. The van der Waals surface area contributed by atoms with Crippen LogP contribution in [0, 0.1) is 10.1 Å². The number of halogens is 2. The van der Waals surface area contributed by atoms with E-state index in [-0.39, 0.29) is 5.56 Å². The minimum atomic E-state index is -1.02. The predicted octanol–water partition coefficient (Wildman–Crippen LogP) is 2.73. The summed E-state index contributed by atoms with van der Waals surface area (Å²) in [7, 11) is 1.09. The first-order chi connectivity index (χ1) is 13.1. The van der Waals surface area contributed by atoms with Crippen LogP contribution in [0.15, 0.2) is 35.3 Å². The van der Waals surface area contributed by atoms with Crippen molar-refractivity contribution >= 4 is 40.8 Å². The van der Waals surface area contributed by atoms with Crippen LogP contribution in [0.5, 0.6) is 0 Å². The number of nitrogens with one attached hydrogen (secondary N) is 1. The summed E-state index contributed by atoms with van der Waals surface area (Å²) < 4.78 is 5.29. The largest absolute Gasteiger partial charge is 0.465 e. The molecule has 1 N–H and O–H groups in total. The molecule has 1 aromatic heterocycles. The highest BCUT2D eigenvalue weighted by Gasteiger charge is 2.22. The molecule has 11 heteroatoms. The average molecular weight is 428 g/mol. The summed E-state index contributed by atoms with van der Waals surface area (Å²) in [6.07, 6.45) is 1.03. The number of methoxy groups -OCH3 is 1. The number of rotatable bonds is 6. The van der Waals surface area contributed by atoms with Crippen LogP contribution < -0.4 is 10.9 Å². The summed E-state index contributed by atoms with van der Waals surface area (Å²) in [5, 5.41) is 14.5. The number of esters is 1. The lowest BCUT2D eigenvalue weighted by Gasteiger charge is -2.16. The second-order valence-corrected chi connectivity index (χ2v) is 6.59. The number of nitrogens with zero attached hydrogens (tertiary/aromatic N) is 2. The van der Waals surface area contributed by atoms with Crippen LogP contribution in [0.3, 0.4) is 0 Å². The van der Waals surface area contributed by atoms with Gasteiger partial charge in [-0.05, 0) is 24.6 Å². The number of hydrogen-bond acceptors (Lipinski definition) is 6. The van der Waals surface area contributed by atoms with Crippen molar-refractivity contribution in [3.63, 3.8) is 0 Å². The fraction of sp³-hybridized carbons (Fsp3) is 0.235. The van der Waals surface area contributed by atoms with Crippen LogP contribution in [-0.2, 0) is 16.1 Å². The number of nitro groups is 1. The lowest BCUT2D eigenvalue weighted by Crippen LogP contribution is -2.34. The Balaban J connectivity index is 2.27. The Morgan fingerprint density at radius 1 is 1.32 bits per heavy atom. The summed E-state index contributed by atoms with van der Waals surface area (Å²) in [4.78, 5) is 46.4. The molecule has 28 heavy (non-hydrogen) atoms. The second kappa shape index (κ2) is 8.85. The van der Waals surface area contributed by atoms with Gasteiger partial charge in [-0.3, -0.25) is 24.3 Å². The molecule has 2 aromatic rings. The molecule has 1 aromatic carbocycles. The molecule has 0 spiro atoms. The van der Waals surface area contributed by atoms with Crippen LogP contribution in [-0.4, -0.2) is 28.5 Å². The van der Waals surface area contributed by atoms with Crippen molar-refractivity contribution in [3.05, 3.63) is 72.1 Å². The summed E-state index contributed by atoms with van der Waals surface area (Å²) in [6, 6.07) is 5.06. The quantitative estimate of drug-likeness (QED) is 0.429. The summed E-state index contributed by atoms with van der Waals surface area (Å²) in [6.45, 7) is 1.13. The monoisotopic (exact) mass is 427 g/mol. The third-order valence-corrected chi connectivity index (χ3v) is 4.37. The van der Waals surface area contributed by atoms with Crippen molar-refractivity contribution in [1.82, 2.24) is 9.88 Å². The van der Waals surface area contributed by atoms with Gasteiger partial charge in [0.2, 0.25) is 5.91 Å². The first-order valence-corrected chi connectivity index (χ1v) is 8.61. The molecular formula is C17H15Cl2N3O6. The third kappa shape index (κ3) is 4.87. The fourth-order valence-electron chi connectivity index (χ4n) is 2.47. The number of benzene rings is 1. The molecule has 0 fully saturated rings. The minimum absolute atomic E-state index is 0.226. The van der Waals surface area contributed by atoms with Gasteiger partial charge < -0.3 is 10.1 Å². The zero-order valence-corrected chi connectivity index (χ0v) is 16.3. The molecule has 1 atom stereocenters. The highest BCUT2D eigenvalue weighted by atomic mass is 35.5. The molecule has 2 rings (SSSR count). The van der Waals surface area contributed by atoms with E-state index in [9.17, 15) is 24.5 Å². The highest BCUT2D eigenvalue weighted by molar-refractivity contribution is 6.35. The number of ether oxygens (including phenoxy) is 1. The van der Waals surface area contributed by atoms with Gasteiger partial charge in [-0.2, -0.15) is 0 Å². The maximum absolute atomic E-state index is 12.3. The first-order valence-electron chi connectivity index (χ1n) is 7.85. The number of pyridine rings is 1. The zero-order valence-electron chi connectivity index (χ0n) is 14.8. The van der Waals surface area contributed by atoms with Crippen molar-refractivity contribution in [2.45, 2.75) is 19.5 Å². The number of carbonyl (C=O) groups is 2. The lowest BCUT2D eigenvalue weighted by molar-refractivity contribution is -0.386. The second-order valence-electron chi connectivity index (χ2n) is 5.75. The van der Waals surface area contributed by atoms with Crippen molar-refractivity contribution in [2.24, 2.45) is 0 Å². The van der Waals surface area contributed by atoms with Crippen molar-refractivity contribution in [3.8, 4) is 0 Å². The topological polar surface area (TPSA) is 121 Å². The van der Waals surface area contributed by atoms with Gasteiger partial charge in [0.15, 0.2) is 0 Å². The molecule has 0 saturated heterocycles. The van der Waals surface area contributed by atoms with Gasteiger partial charge in [0.1, 0.15) is 6.54 Å². The third-order valence-electron chi connectivity index (χ3n) is 3.81. The Morgan fingerprint density at radius 3 is 2.57 bits per heavy atom. The first kappa shape index (κ1) is 21.4. The molecule has 9 nitrogen and oxygen atoms in total. The molecule has 0 bridgehead atoms. The lowest BCUT2D eigenvalue weighted by atomic mass is 10.1. The zero-order chi connectivity index (χ0) is 21.0. The Hall–Kier alpha value is -2.91. The van der Waals surface area contributed by atoms with Crippen LogP contribution in [0.4, 0.5) is 5.69 Å². The van der Waals surface area contributed by atoms with E-state index in [2.05, 4.69) is 10.1 Å². The molecule has 0 saturated carbocycles. The van der Waals surface area contributed by atoms with Crippen LogP contribution in [0.2, 0.25) is 10.0 Å². The predicted molar refractivity (Wildman–Crippen MR) is 102 cm³/mol. The summed E-state index contributed by atoms with van der Waals surface area (Å²) in [5.41, 5.74) is -1.49. The number of aromatic nitrogens is 1. The Bertz CT molecular complexity index is 1000. The van der Waals surface area contributed by atoms with Gasteiger partial charge >= 0.3 is 17.2 Å². The van der Waals surface area contributed by atoms with E-state index in [1.54, 1.807) is 19.1 Å². The standard InChI is InChI=1S/C17H15Cl2N3O6/c1-9(12-4-3-11(18)6-13(12)19)20-15(23)8-21-7-10(17(25)28-2)5-14(16(21)24)22(26)27/h3-7,9H,8H2,1-2H3,(H,20,23). The maximum Gasteiger partial charge on any atom is 0.339 e. The van der Waals surface area contributed by atoms with Gasteiger partial charge in [-0.1, -0.05) is 29.3 Å². The Kier molecular flexibility index (Phi) is 6.76. The summed E-state index contributed by atoms with van der Waals surface area (Å²) in [5.74, 6) is -1.49. The molecular weight excluding hydrogens is 413 g/mol. The molecule has 0 aliphatic rings. The molecule has 1 amide bonds. The van der Waals surface area contributed by atoms with E-state index in [4.69, 9.17) is 23.2 Å². The number of amides is 1. The molecule has 148 valence electrons. The van der Waals surface area contributed by atoms with E-state index in [1.807, 2.05) is 0 Å². The van der Waals surface area contributed by atoms with E-state index < -0.39 is 40.6 Å². The molecule has 0 radical (unpaired) electrons.